The van der Waals surface area contributed by atoms with Crippen molar-refractivity contribution in [2.24, 2.45) is 11.7 Å². The Balaban J connectivity index is 2.22. The highest BCUT2D eigenvalue weighted by Crippen LogP contribution is 2.47. The molecule has 0 bridgehead atoms. The third kappa shape index (κ3) is 1.79. The topological polar surface area (TPSA) is 26.0 Å². The fourth-order valence-electron chi connectivity index (χ4n) is 1.94. The normalized spacial score (nSPS) is 26.1. The van der Waals surface area contributed by atoms with Gasteiger partial charge in [0.2, 0.25) is 0 Å². The minimum Gasteiger partial charge on any atom is -0.330 e. The molecule has 1 aliphatic rings. The van der Waals surface area contributed by atoms with E-state index >= 15 is 0 Å². The summed E-state index contributed by atoms with van der Waals surface area (Å²) in [5.41, 5.74) is 8.50. The molecule has 13 heavy (non-hydrogen) atoms. The molecule has 0 spiro atoms. The van der Waals surface area contributed by atoms with Crippen molar-refractivity contribution in [2.75, 3.05) is 6.54 Å². The predicted octanol–water partition coefficient (Wildman–Crippen LogP) is 2.82. The summed E-state index contributed by atoms with van der Waals surface area (Å²) in [5, 5.41) is 0. The molecule has 1 aliphatic carbocycles. The summed E-state index contributed by atoms with van der Waals surface area (Å²) in [6.07, 6.45) is 1.28. The van der Waals surface area contributed by atoms with E-state index in [9.17, 15) is 0 Å². The zero-order chi connectivity index (χ0) is 9.42. The average molecular weight is 240 g/mol. The molecule has 2 heteroatoms. The summed E-state index contributed by atoms with van der Waals surface area (Å²) in [6.45, 7) is 3.01. The summed E-state index contributed by atoms with van der Waals surface area (Å²) in [5.74, 6) is 1.47. The zero-order valence-corrected chi connectivity index (χ0v) is 9.34. The lowest BCUT2D eigenvalue weighted by Gasteiger charge is -2.04. The lowest BCUT2D eigenvalue weighted by Crippen LogP contribution is -2.02. The van der Waals surface area contributed by atoms with Crippen LogP contribution >= 0.6 is 15.9 Å². The number of hydrogen-bond acceptors (Lipinski definition) is 1. The molecule has 1 aromatic carbocycles. The van der Waals surface area contributed by atoms with Gasteiger partial charge in [-0.05, 0) is 55.0 Å². The first kappa shape index (κ1) is 9.22. The highest BCUT2D eigenvalue weighted by atomic mass is 79.9. The molecule has 2 rings (SSSR count). The van der Waals surface area contributed by atoms with Crippen molar-refractivity contribution < 1.29 is 0 Å². The second kappa shape index (κ2) is 3.43. The Hall–Kier alpha value is -0.340. The Morgan fingerprint density at radius 1 is 1.54 bits per heavy atom. The van der Waals surface area contributed by atoms with Crippen molar-refractivity contribution in [3.63, 3.8) is 0 Å². The van der Waals surface area contributed by atoms with E-state index in [1.54, 1.807) is 0 Å². The van der Waals surface area contributed by atoms with Crippen molar-refractivity contribution in [3.05, 3.63) is 33.8 Å². The number of nitrogens with two attached hydrogens (primary N) is 1. The zero-order valence-electron chi connectivity index (χ0n) is 7.76. The van der Waals surface area contributed by atoms with Gasteiger partial charge >= 0.3 is 0 Å². The Kier molecular flexibility index (Phi) is 2.43. The molecular weight excluding hydrogens is 226 g/mol. The van der Waals surface area contributed by atoms with Crippen LogP contribution in [0.15, 0.2) is 22.7 Å². The maximum atomic E-state index is 5.63. The Labute approximate surface area is 87.5 Å². The van der Waals surface area contributed by atoms with Gasteiger partial charge in [-0.15, -0.1) is 0 Å². The fourth-order valence-corrected chi connectivity index (χ4v) is 2.42. The number of rotatable bonds is 2. The second-order valence-electron chi connectivity index (χ2n) is 3.84. The summed E-state index contributed by atoms with van der Waals surface area (Å²) in [6, 6.07) is 6.52. The van der Waals surface area contributed by atoms with Crippen molar-refractivity contribution in [1.82, 2.24) is 0 Å². The summed E-state index contributed by atoms with van der Waals surface area (Å²) < 4.78 is 1.17. The Morgan fingerprint density at radius 2 is 2.31 bits per heavy atom. The molecule has 2 atom stereocenters. The van der Waals surface area contributed by atoms with Gasteiger partial charge in [0.25, 0.3) is 0 Å². The highest BCUT2D eigenvalue weighted by molar-refractivity contribution is 9.10. The minimum absolute atomic E-state index is 0.734. The molecule has 0 saturated heterocycles. The van der Waals surface area contributed by atoms with E-state index in [1.165, 1.54) is 22.0 Å². The molecule has 0 aromatic heterocycles. The van der Waals surface area contributed by atoms with Crippen LogP contribution in [0.4, 0.5) is 0 Å². The summed E-state index contributed by atoms with van der Waals surface area (Å²) in [4.78, 5) is 0. The van der Waals surface area contributed by atoms with Crippen molar-refractivity contribution in [1.29, 1.82) is 0 Å². The molecule has 0 heterocycles. The van der Waals surface area contributed by atoms with Crippen LogP contribution in [0.25, 0.3) is 0 Å². The van der Waals surface area contributed by atoms with E-state index in [2.05, 4.69) is 41.1 Å². The van der Waals surface area contributed by atoms with Crippen LogP contribution < -0.4 is 5.73 Å². The van der Waals surface area contributed by atoms with Gasteiger partial charge in [0.15, 0.2) is 0 Å². The van der Waals surface area contributed by atoms with Gasteiger partial charge in [0, 0.05) is 4.47 Å². The quantitative estimate of drug-likeness (QED) is 0.845. The molecular formula is C11H14BrN. The van der Waals surface area contributed by atoms with Gasteiger partial charge in [-0.3, -0.25) is 0 Å². The van der Waals surface area contributed by atoms with Crippen LogP contribution in [0.3, 0.4) is 0 Å². The van der Waals surface area contributed by atoms with Crippen LogP contribution in [0.5, 0.6) is 0 Å². The lowest BCUT2D eigenvalue weighted by atomic mass is 10.0. The lowest BCUT2D eigenvalue weighted by molar-refractivity contribution is 0.807. The molecule has 1 aromatic rings. The Morgan fingerprint density at radius 3 is 2.85 bits per heavy atom. The van der Waals surface area contributed by atoms with Crippen molar-refractivity contribution in [3.8, 4) is 0 Å². The molecule has 2 unspecified atom stereocenters. The standard InChI is InChI=1S/C11H14BrN/c1-7-4-9(12)2-3-10(7)11-5-8(11)6-13/h2-4,8,11H,5-6,13H2,1H3. The number of benzene rings is 1. The molecule has 0 amide bonds. The first-order valence-corrected chi connectivity index (χ1v) is 5.48. The number of hydrogen-bond donors (Lipinski definition) is 1. The second-order valence-corrected chi connectivity index (χ2v) is 4.75. The van der Waals surface area contributed by atoms with E-state index in [1.807, 2.05) is 0 Å². The van der Waals surface area contributed by atoms with E-state index in [-0.39, 0.29) is 0 Å². The minimum atomic E-state index is 0.734. The molecule has 0 aliphatic heterocycles. The third-order valence-electron chi connectivity index (χ3n) is 2.86. The highest BCUT2D eigenvalue weighted by Gasteiger charge is 2.37. The van der Waals surface area contributed by atoms with Crippen LogP contribution in [-0.2, 0) is 0 Å². The van der Waals surface area contributed by atoms with Crippen LogP contribution in [0, 0.1) is 12.8 Å². The van der Waals surface area contributed by atoms with E-state index in [4.69, 9.17) is 5.73 Å². The van der Waals surface area contributed by atoms with Gasteiger partial charge < -0.3 is 5.73 Å². The van der Waals surface area contributed by atoms with E-state index < -0.39 is 0 Å². The van der Waals surface area contributed by atoms with Crippen LogP contribution in [0.1, 0.15) is 23.5 Å². The Bertz CT molecular complexity index is 322. The molecule has 70 valence electrons. The van der Waals surface area contributed by atoms with Crippen LogP contribution in [-0.4, -0.2) is 6.54 Å². The molecule has 1 saturated carbocycles. The fraction of sp³-hybridized carbons (Fsp3) is 0.455. The summed E-state index contributed by atoms with van der Waals surface area (Å²) in [7, 11) is 0. The smallest absolute Gasteiger partial charge is 0.0178 e. The summed E-state index contributed by atoms with van der Waals surface area (Å²) >= 11 is 3.47. The van der Waals surface area contributed by atoms with E-state index in [0.717, 1.165) is 18.4 Å². The predicted molar refractivity (Wildman–Crippen MR) is 58.8 cm³/mol. The maximum Gasteiger partial charge on any atom is 0.0178 e. The first-order chi connectivity index (χ1) is 6.22. The first-order valence-electron chi connectivity index (χ1n) is 4.68. The largest absolute Gasteiger partial charge is 0.330 e. The number of halogens is 1. The SMILES string of the molecule is Cc1cc(Br)ccc1C1CC1CN. The average Bonchev–Trinajstić information content (AvgIpc) is 2.83. The van der Waals surface area contributed by atoms with Gasteiger partial charge in [0.05, 0.1) is 0 Å². The molecule has 2 N–H and O–H groups in total. The van der Waals surface area contributed by atoms with Gasteiger partial charge in [-0.25, -0.2) is 0 Å². The number of aryl methyl sites for hydroxylation is 1. The molecule has 0 radical (unpaired) electrons. The monoisotopic (exact) mass is 239 g/mol. The van der Waals surface area contributed by atoms with Gasteiger partial charge in [-0.2, -0.15) is 0 Å². The third-order valence-corrected chi connectivity index (χ3v) is 3.35. The molecule has 1 nitrogen and oxygen atoms in total. The maximum absolute atomic E-state index is 5.63. The van der Waals surface area contributed by atoms with Crippen molar-refractivity contribution >= 4 is 15.9 Å². The van der Waals surface area contributed by atoms with E-state index in [0.29, 0.717) is 0 Å². The van der Waals surface area contributed by atoms with Gasteiger partial charge in [0.1, 0.15) is 0 Å². The molecule has 1 fully saturated rings. The van der Waals surface area contributed by atoms with Gasteiger partial charge in [-0.1, -0.05) is 22.0 Å². The van der Waals surface area contributed by atoms with Crippen LogP contribution in [0.2, 0.25) is 0 Å². The van der Waals surface area contributed by atoms with Crippen molar-refractivity contribution in [2.45, 2.75) is 19.3 Å².